The Hall–Kier alpha value is -6.23. The first-order valence-corrected chi connectivity index (χ1v) is 19.3. The number of rotatable bonds is 7. The molecule has 5 rings (SSSR count). The number of nitrogens with one attached hydrogen (secondary N) is 7. The van der Waals surface area contributed by atoms with Gasteiger partial charge in [-0.1, -0.05) is 49.8 Å². The summed E-state index contributed by atoms with van der Waals surface area (Å²) in [5, 5.41) is 38.0. The molecule has 17 nitrogen and oxygen atoms in total. The van der Waals surface area contributed by atoms with E-state index in [4.69, 9.17) is 0 Å². The summed E-state index contributed by atoms with van der Waals surface area (Å²) in [5.74, 6) is -5.63. The van der Waals surface area contributed by atoms with E-state index in [1.54, 1.807) is 20.0 Å². The zero-order valence-corrected chi connectivity index (χ0v) is 33.0. The number of aromatic nitrogens is 1. The SMILES string of the molecule is CC(C)=CCc1cc([C@H](O)[C@@H]2NC(=O)CNC(=O)[C@H](C(C)C)NC(=O)CNC(=O)[C@@H]3CCCN3C(=O)[C@H](Cc3c[nH]c4ccccc34)NC(=O)CNC2=O)ccc1O. The van der Waals surface area contributed by atoms with Gasteiger partial charge in [-0.2, -0.15) is 0 Å². The summed E-state index contributed by atoms with van der Waals surface area (Å²) in [6.45, 7) is 5.52. The average Bonchev–Trinajstić information content (AvgIpc) is 3.85. The summed E-state index contributed by atoms with van der Waals surface area (Å²) in [7, 11) is 0. The molecule has 0 saturated carbocycles. The first-order chi connectivity index (χ1) is 27.6. The van der Waals surface area contributed by atoms with Crippen molar-refractivity contribution in [3.63, 3.8) is 0 Å². The minimum atomic E-state index is -1.70. The smallest absolute Gasteiger partial charge is 0.246 e. The summed E-state index contributed by atoms with van der Waals surface area (Å²) in [4.78, 5) is 99.0. The van der Waals surface area contributed by atoms with Gasteiger partial charge in [-0.3, -0.25) is 33.6 Å². The first-order valence-electron chi connectivity index (χ1n) is 19.3. The van der Waals surface area contributed by atoms with Gasteiger partial charge in [-0.15, -0.1) is 0 Å². The number of carbonyl (C=O) groups excluding carboxylic acids is 7. The number of aromatic hydroxyl groups is 1. The number of amides is 7. The van der Waals surface area contributed by atoms with Crippen molar-refractivity contribution < 1.29 is 43.8 Å². The second-order valence-electron chi connectivity index (χ2n) is 15.2. The third-order valence-electron chi connectivity index (χ3n) is 10.2. The van der Waals surface area contributed by atoms with E-state index in [2.05, 4.69) is 36.9 Å². The fourth-order valence-electron chi connectivity index (χ4n) is 7.04. The molecule has 7 amide bonds. The van der Waals surface area contributed by atoms with Crippen molar-refractivity contribution in [2.45, 2.75) is 83.6 Å². The zero-order chi connectivity index (χ0) is 42.1. The van der Waals surface area contributed by atoms with Crippen LogP contribution in [-0.4, -0.2) is 112 Å². The minimum absolute atomic E-state index is 0.0285. The van der Waals surface area contributed by atoms with Crippen LogP contribution in [0.4, 0.5) is 0 Å². The normalized spacial score (nSPS) is 22.4. The standard InChI is InChI=1S/C41H52N8O9/c1-22(2)11-12-24-16-25(13-14-31(24)50)37(54)36-40(57)45-19-32(51)46-29(17-26-18-42-28-9-6-5-8-27(26)28)41(58)49-15-7-10-30(49)38(55)43-20-33(52)47-35(23(3)4)39(56)44-21-34(53)48-36/h5-6,8-9,11,13-14,16,18,23,29-30,35-37,42,50,54H,7,10,12,15,17,19-21H2,1-4H3,(H,43,55)(H,44,56)(H,45,57)(H,46,51)(H,47,52)(H,48,53)/t29-,30-,35-,36-,37-/m0/s1. The molecule has 310 valence electrons. The molecular weight excluding hydrogens is 748 g/mol. The van der Waals surface area contributed by atoms with E-state index in [1.807, 2.05) is 44.2 Å². The van der Waals surface area contributed by atoms with Gasteiger partial charge in [-0.25, -0.2) is 0 Å². The number of benzene rings is 2. The van der Waals surface area contributed by atoms with Crippen LogP contribution in [0.1, 0.15) is 63.3 Å². The van der Waals surface area contributed by atoms with E-state index >= 15 is 0 Å². The van der Waals surface area contributed by atoms with E-state index in [0.29, 0.717) is 30.4 Å². The molecule has 3 aromatic rings. The highest BCUT2D eigenvalue weighted by Gasteiger charge is 2.39. The van der Waals surface area contributed by atoms with Crippen LogP contribution in [0.2, 0.25) is 0 Å². The Morgan fingerprint density at radius 2 is 1.43 bits per heavy atom. The Bertz CT molecular complexity index is 2070. The number of carbonyl (C=O) groups is 7. The number of fused-ring (bicyclic) bond motifs is 2. The zero-order valence-electron chi connectivity index (χ0n) is 33.0. The van der Waals surface area contributed by atoms with E-state index in [-0.39, 0.29) is 24.3 Å². The van der Waals surface area contributed by atoms with Crippen LogP contribution in [0.5, 0.6) is 5.75 Å². The maximum Gasteiger partial charge on any atom is 0.246 e. The molecule has 0 spiro atoms. The van der Waals surface area contributed by atoms with Crippen molar-refractivity contribution >= 4 is 52.3 Å². The molecule has 9 N–H and O–H groups in total. The van der Waals surface area contributed by atoms with Gasteiger partial charge in [0.25, 0.3) is 0 Å². The molecule has 2 aliphatic rings. The van der Waals surface area contributed by atoms with Crippen LogP contribution < -0.4 is 31.9 Å². The number of aromatic amines is 1. The van der Waals surface area contributed by atoms with Gasteiger partial charge in [0.1, 0.15) is 36.0 Å². The molecule has 2 saturated heterocycles. The number of phenols is 1. The lowest BCUT2D eigenvalue weighted by Gasteiger charge is -2.29. The molecule has 2 aromatic carbocycles. The molecule has 17 heteroatoms. The lowest BCUT2D eigenvalue weighted by Crippen LogP contribution is -2.56. The van der Waals surface area contributed by atoms with Crippen molar-refractivity contribution in [3.8, 4) is 5.75 Å². The molecule has 1 aromatic heterocycles. The highest BCUT2D eigenvalue weighted by atomic mass is 16.3. The molecule has 0 radical (unpaired) electrons. The maximum atomic E-state index is 14.3. The van der Waals surface area contributed by atoms with E-state index in [9.17, 15) is 43.8 Å². The molecule has 0 aliphatic carbocycles. The molecular formula is C41H52N8O9. The van der Waals surface area contributed by atoms with E-state index in [0.717, 1.165) is 16.5 Å². The number of hydrogen-bond acceptors (Lipinski definition) is 9. The highest BCUT2D eigenvalue weighted by Crippen LogP contribution is 2.26. The largest absolute Gasteiger partial charge is 0.508 e. The number of aliphatic hydroxyl groups is 1. The lowest BCUT2D eigenvalue weighted by molar-refractivity contribution is -0.141. The second kappa shape index (κ2) is 19.3. The van der Waals surface area contributed by atoms with Crippen molar-refractivity contribution in [2.75, 3.05) is 26.2 Å². The third-order valence-corrected chi connectivity index (χ3v) is 10.2. The lowest BCUT2D eigenvalue weighted by atomic mass is 9.97. The van der Waals surface area contributed by atoms with Gasteiger partial charge in [-0.05, 0) is 73.9 Å². The van der Waals surface area contributed by atoms with Crippen LogP contribution >= 0.6 is 0 Å². The topological polar surface area (TPSA) is 251 Å². The minimum Gasteiger partial charge on any atom is -0.508 e. The molecule has 2 fully saturated rings. The molecule has 0 unspecified atom stereocenters. The first kappa shape index (κ1) is 42.9. The number of hydrogen-bond donors (Lipinski definition) is 9. The Kier molecular flexibility index (Phi) is 14.3. The van der Waals surface area contributed by atoms with Gasteiger partial charge in [0.05, 0.1) is 19.6 Å². The Morgan fingerprint density at radius 1 is 0.810 bits per heavy atom. The number of aliphatic hydroxyl groups excluding tert-OH is 1. The fourth-order valence-corrected chi connectivity index (χ4v) is 7.04. The Labute approximate surface area is 335 Å². The van der Waals surface area contributed by atoms with Gasteiger partial charge in [0.15, 0.2) is 0 Å². The number of nitrogens with zero attached hydrogens (tertiary/aromatic N) is 1. The van der Waals surface area contributed by atoms with Crippen LogP contribution in [0, 0.1) is 5.92 Å². The molecule has 5 atom stereocenters. The number of allylic oxidation sites excluding steroid dienone is 2. The fraction of sp³-hybridized carbons (Fsp3) is 0.439. The number of para-hydroxylation sites is 1. The van der Waals surface area contributed by atoms with Crippen LogP contribution in [0.25, 0.3) is 10.9 Å². The van der Waals surface area contributed by atoms with E-state index in [1.165, 1.54) is 23.1 Å². The van der Waals surface area contributed by atoms with Gasteiger partial charge < -0.3 is 52.0 Å². The molecule has 2 aliphatic heterocycles. The Balaban J connectivity index is 1.46. The second-order valence-corrected chi connectivity index (χ2v) is 15.2. The summed E-state index contributed by atoms with van der Waals surface area (Å²) in [6.07, 6.45) is 3.05. The summed E-state index contributed by atoms with van der Waals surface area (Å²) in [5.41, 5.74) is 3.13. The van der Waals surface area contributed by atoms with Crippen molar-refractivity contribution in [1.82, 2.24) is 41.8 Å². The van der Waals surface area contributed by atoms with Crippen LogP contribution in [0.15, 0.2) is 60.3 Å². The van der Waals surface area contributed by atoms with Crippen molar-refractivity contribution in [2.24, 2.45) is 5.92 Å². The summed E-state index contributed by atoms with van der Waals surface area (Å²) >= 11 is 0. The monoisotopic (exact) mass is 800 g/mol. The molecule has 3 heterocycles. The summed E-state index contributed by atoms with van der Waals surface area (Å²) in [6, 6.07) is 6.72. The predicted octanol–water partition coefficient (Wildman–Crippen LogP) is 0.122. The van der Waals surface area contributed by atoms with Gasteiger partial charge in [0, 0.05) is 30.1 Å². The van der Waals surface area contributed by atoms with Gasteiger partial charge in [0.2, 0.25) is 41.4 Å². The quantitative estimate of drug-likeness (QED) is 0.147. The molecule has 0 bridgehead atoms. The Morgan fingerprint density at radius 3 is 2.10 bits per heavy atom. The summed E-state index contributed by atoms with van der Waals surface area (Å²) < 4.78 is 0. The van der Waals surface area contributed by atoms with Crippen molar-refractivity contribution in [1.29, 1.82) is 0 Å². The molecule has 58 heavy (non-hydrogen) atoms. The number of H-pyrrole nitrogens is 1. The third kappa shape index (κ3) is 10.8. The van der Waals surface area contributed by atoms with Crippen LogP contribution in [0.3, 0.4) is 0 Å². The predicted molar refractivity (Wildman–Crippen MR) is 213 cm³/mol. The van der Waals surface area contributed by atoms with E-state index < -0.39 is 97.2 Å². The van der Waals surface area contributed by atoms with Gasteiger partial charge >= 0.3 is 0 Å². The number of phenolic OH excluding ortho intramolecular Hbond substituents is 1. The average molecular weight is 801 g/mol. The maximum absolute atomic E-state index is 14.3. The van der Waals surface area contributed by atoms with Crippen molar-refractivity contribution in [3.05, 3.63) is 77.0 Å². The van der Waals surface area contributed by atoms with Crippen LogP contribution in [-0.2, 0) is 46.4 Å². The highest BCUT2D eigenvalue weighted by molar-refractivity contribution is 5.97.